The average Bonchev–Trinajstić information content (AvgIpc) is 2.54. The first-order chi connectivity index (χ1) is 6.79. The van der Waals surface area contributed by atoms with Crippen LogP contribution >= 0.6 is 24.0 Å². The smallest absolute Gasteiger partial charge is 0.148 e. The van der Waals surface area contributed by atoms with Crippen LogP contribution in [0.15, 0.2) is 22.5 Å². The maximum atomic E-state index is 5.51. The lowest BCUT2D eigenvalue weighted by molar-refractivity contribution is 0.318. The molecule has 4 heteroatoms. The van der Waals surface area contributed by atoms with Gasteiger partial charge in [0.15, 0.2) is 0 Å². The molecule has 2 aromatic rings. The molecule has 2 rings (SSSR count). The van der Waals surface area contributed by atoms with Crippen molar-refractivity contribution in [1.82, 2.24) is 4.98 Å². The van der Waals surface area contributed by atoms with Gasteiger partial charge in [-0.15, -0.1) is 24.0 Å². The fourth-order valence-electron chi connectivity index (χ4n) is 1.20. The molecular formula is C10H11NOS2. The maximum absolute atomic E-state index is 5.51. The number of thiol groups is 1. The minimum absolute atomic E-state index is 0.753. The number of hydrogen-bond donors (Lipinski definition) is 1. The van der Waals surface area contributed by atoms with E-state index >= 15 is 0 Å². The van der Waals surface area contributed by atoms with Crippen molar-refractivity contribution in [2.45, 2.75) is 17.7 Å². The van der Waals surface area contributed by atoms with Crippen LogP contribution in [0.25, 0.3) is 10.2 Å². The minimum Gasteiger partial charge on any atom is -0.494 e. The van der Waals surface area contributed by atoms with E-state index in [2.05, 4.69) is 24.5 Å². The van der Waals surface area contributed by atoms with Gasteiger partial charge in [-0.1, -0.05) is 6.92 Å². The highest BCUT2D eigenvalue weighted by Crippen LogP contribution is 2.27. The van der Waals surface area contributed by atoms with E-state index in [1.165, 1.54) is 0 Å². The average molecular weight is 225 g/mol. The van der Waals surface area contributed by atoms with Crippen molar-refractivity contribution in [2.75, 3.05) is 6.61 Å². The Morgan fingerprint density at radius 1 is 1.50 bits per heavy atom. The molecule has 1 heterocycles. The van der Waals surface area contributed by atoms with Crippen molar-refractivity contribution in [3.8, 4) is 5.75 Å². The van der Waals surface area contributed by atoms with Gasteiger partial charge in [-0.2, -0.15) is 0 Å². The number of ether oxygens (including phenoxy) is 1. The lowest BCUT2D eigenvalue weighted by atomic mass is 10.3. The molecule has 0 spiro atoms. The predicted octanol–water partition coefficient (Wildman–Crippen LogP) is 3.37. The number of thiazole rings is 1. The molecule has 0 aliphatic heterocycles. The van der Waals surface area contributed by atoms with E-state index in [0.717, 1.165) is 33.3 Å². The van der Waals surface area contributed by atoms with Crippen LogP contribution in [0.3, 0.4) is 0 Å². The first kappa shape index (κ1) is 9.80. The van der Waals surface area contributed by atoms with Crippen LogP contribution in [-0.2, 0) is 0 Å². The van der Waals surface area contributed by atoms with E-state index < -0.39 is 0 Å². The fourth-order valence-corrected chi connectivity index (χ4v) is 2.29. The van der Waals surface area contributed by atoms with Gasteiger partial charge in [0.25, 0.3) is 0 Å². The van der Waals surface area contributed by atoms with Crippen LogP contribution in [0.2, 0.25) is 0 Å². The number of rotatable bonds is 3. The van der Waals surface area contributed by atoms with Crippen LogP contribution in [-0.4, -0.2) is 11.6 Å². The standard InChI is InChI=1S/C10H11NOS2/c1-2-5-12-7-3-4-9-8(6-7)11-10(13)14-9/h3-4,6H,2,5H2,1H3,(H,11,13). The fraction of sp³-hybridized carbons (Fsp3) is 0.300. The molecule has 0 N–H and O–H groups in total. The zero-order chi connectivity index (χ0) is 9.97. The molecule has 0 atom stereocenters. The summed E-state index contributed by atoms with van der Waals surface area (Å²) in [5, 5.41) is 0. The van der Waals surface area contributed by atoms with Gasteiger partial charge in [0.2, 0.25) is 0 Å². The monoisotopic (exact) mass is 225 g/mol. The van der Waals surface area contributed by atoms with E-state index in [4.69, 9.17) is 4.74 Å². The first-order valence-corrected chi connectivity index (χ1v) is 5.78. The molecule has 0 saturated carbocycles. The van der Waals surface area contributed by atoms with E-state index in [-0.39, 0.29) is 0 Å². The molecule has 0 bridgehead atoms. The molecule has 0 aliphatic carbocycles. The Labute approximate surface area is 92.3 Å². The number of hydrogen-bond acceptors (Lipinski definition) is 4. The Hall–Kier alpha value is -0.740. The highest BCUT2D eigenvalue weighted by atomic mass is 32.2. The minimum atomic E-state index is 0.753. The topological polar surface area (TPSA) is 22.1 Å². The SMILES string of the molecule is CCCOc1ccc2sc(S)nc2c1. The lowest BCUT2D eigenvalue weighted by Crippen LogP contribution is -1.94. The predicted molar refractivity (Wildman–Crippen MR) is 62.7 cm³/mol. The summed E-state index contributed by atoms with van der Waals surface area (Å²) in [5.41, 5.74) is 0.966. The summed E-state index contributed by atoms with van der Waals surface area (Å²) in [4.78, 5) is 4.28. The van der Waals surface area contributed by atoms with E-state index in [1.807, 2.05) is 18.2 Å². The zero-order valence-corrected chi connectivity index (χ0v) is 9.57. The van der Waals surface area contributed by atoms with Gasteiger partial charge in [0.05, 0.1) is 16.8 Å². The summed E-state index contributed by atoms with van der Waals surface area (Å²) >= 11 is 5.80. The number of nitrogens with zero attached hydrogens (tertiary/aromatic N) is 1. The summed E-state index contributed by atoms with van der Waals surface area (Å²) in [6, 6.07) is 5.96. The second-order valence-corrected chi connectivity index (χ2v) is 4.73. The Balaban J connectivity index is 2.31. The highest BCUT2D eigenvalue weighted by Gasteiger charge is 2.02. The van der Waals surface area contributed by atoms with Crippen molar-refractivity contribution in [1.29, 1.82) is 0 Å². The van der Waals surface area contributed by atoms with Crippen molar-refractivity contribution in [2.24, 2.45) is 0 Å². The molecule has 2 nitrogen and oxygen atoms in total. The first-order valence-electron chi connectivity index (χ1n) is 4.52. The van der Waals surface area contributed by atoms with Crippen LogP contribution in [0.5, 0.6) is 5.75 Å². The third-order valence-corrected chi connectivity index (χ3v) is 3.03. The van der Waals surface area contributed by atoms with Crippen LogP contribution in [0.1, 0.15) is 13.3 Å². The van der Waals surface area contributed by atoms with E-state index in [1.54, 1.807) is 11.3 Å². The van der Waals surface area contributed by atoms with Gasteiger partial charge in [0, 0.05) is 6.07 Å². The van der Waals surface area contributed by atoms with Crippen LogP contribution in [0, 0.1) is 0 Å². The molecule has 0 amide bonds. The van der Waals surface area contributed by atoms with E-state index in [9.17, 15) is 0 Å². The molecule has 0 radical (unpaired) electrons. The lowest BCUT2D eigenvalue weighted by Gasteiger charge is -2.02. The second-order valence-electron chi connectivity index (χ2n) is 2.97. The normalized spacial score (nSPS) is 10.7. The largest absolute Gasteiger partial charge is 0.494 e. The van der Waals surface area contributed by atoms with Crippen molar-refractivity contribution in [3.63, 3.8) is 0 Å². The van der Waals surface area contributed by atoms with Crippen molar-refractivity contribution >= 4 is 34.2 Å². The molecule has 0 fully saturated rings. The molecule has 0 unspecified atom stereocenters. The molecule has 74 valence electrons. The summed E-state index contributed by atoms with van der Waals surface area (Å²) in [6.07, 6.45) is 1.02. The molecule has 14 heavy (non-hydrogen) atoms. The number of benzene rings is 1. The zero-order valence-electron chi connectivity index (χ0n) is 7.86. The summed E-state index contributed by atoms with van der Waals surface area (Å²) in [7, 11) is 0. The summed E-state index contributed by atoms with van der Waals surface area (Å²) in [5.74, 6) is 0.887. The Bertz CT molecular complexity index is 439. The summed E-state index contributed by atoms with van der Waals surface area (Å²) < 4.78 is 7.46. The second kappa shape index (κ2) is 4.19. The highest BCUT2D eigenvalue weighted by molar-refractivity contribution is 7.82. The number of aromatic nitrogens is 1. The Morgan fingerprint density at radius 3 is 3.14 bits per heavy atom. The van der Waals surface area contributed by atoms with E-state index in [0.29, 0.717) is 0 Å². The molecule has 1 aromatic heterocycles. The molecule has 0 aliphatic rings. The molecular weight excluding hydrogens is 214 g/mol. The van der Waals surface area contributed by atoms with Crippen LogP contribution < -0.4 is 4.74 Å². The molecule has 1 aromatic carbocycles. The maximum Gasteiger partial charge on any atom is 0.148 e. The third-order valence-electron chi connectivity index (χ3n) is 1.82. The number of fused-ring (bicyclic) bond motifs is 1. The molecule has 0 saturated heterocycles. The van der Waals surface area contributed by atoms with Gasteiger partial charge in [0.1, 0.15) is 10.1 Å². The van der Waals surface area contributed by atoms with Crippen LogP contribution in [0.4, 0.5) is 0 Å². The van der Waals surface area contributed by atoms with Gasteiger partial charge in [-0.3, -0.25) is 0 Å². The Morgan fingerprint density at radius 2 is 2.36 bits per heavy atom. The third kappa shape index (κ3) is 2.01. The quantitative estimate of drug-likeness (QED) is 0.809. The van der Waals surface area contributed by atoms with Crippen molar-refractivity contribution in [3.05, 3.63) is 18.2 Å². The van der Waals surface area contributed by atoms with Gasteiger partial charge in [-0.05, 0) is 18.6 Å². The Kier molecular flexibility index (Phi) is 2.93. The van der Waals surface area contributed by atoms with Crippen molar-refractivity contribution < 1.29 is 4.74 Å². The summed E-state index contributed by atoms with van der Waals surface area (Å²) in [6.45, 7) is 2.84. The van der Waals surface area contributed by atoms with Gasteiger partial charge in [-0.25, -0.2) is 4.98 Å². The van der Waals surface area contributed by atoms with Gasteiger partial charge >= 0.3 is 0 Å². The van der Waals surface area contributed by atoms with Gasteiger partial charge < -0.3 is 4.74 Å².